The summed E-state index contributed by atoms with van der Waals surface area (Å²) in [6, 6.07) is 13.0. The summed E-state index contributed by atoms with van der Waals surface area (Å²) in [5, 5.41) is 7.25. The van der Waals surface area contributed by atoms with Crippen LogP contribution >= 0.6 is 23.2 Å². The minimum Gasteiger partial charge on any atom is -0.364 e. The summed E-state index contributed by atoms with van der Waals surface area (Å²) in [5.41, 5.74) is 2.42. The highest BCUT2D eigenvalue weighted by Crippen LogP contribution is 2.31. The molecule has 0 spiro atoms. The van der Waals surface area contributed by atoms with E-state index in [1.165, 1.54) is 0 Å². The third kappa shape index (κ3) is 4.13. The van der Waals surface area contributed by atoms with Gasteiger partial charge in [0.1, 0.15) is 5.82 Å². The fourth-order valence-electron chi connectivity index (χ4n) is 2.12. The fraction of sp³-hybridized carbons (Fsp3) is 0.118. The minimum absolute atomic E-state index is 0.437. The van der Waals surface area contributed by atoms with Crippen molar-refractivity contribution in [3.05, 3.63) is 70.1 Å². The van der Waals surface area contributed by atoms with Gasteiger partial charge in [0.05, 0.1) is 28.0 Å². The summed E-state index contributed by atoms with van der Waals surface area (Å²) in [4.78, 5) is 13.1. The maximum atomic E-state index is 6.19. The second-order valence-corrected chi connectivity index (χ2v) is 5.90. The van der Waals surface area contributed by atoms with Crippen LogP contribution in [0, 0.1) is 6.92 Å². The number of anilines is 3. The quantitative estimate of drug-likeness (QED) is 0.682. The molecule has 3 rings (SSSR count). The molecule has 0 saturated heterocycles. The average Bonchev–Trinajstić information content (AvgIpc) is 2.58. The summed E-state index contributed by atoms with van der Waals surface area (Å²) >= 11 is 12.2. The van der Waals surface area contributed by atoms with Crippen LogP contribution in [0.4, 0.5) is 17.5 Å². The highest BCUT2D eigenvalue weighted by atomic mass is 35.5. The SMILES string of the molecule is Cc1cc(NCc2ccccn2)nc(Nc2cccc(Cl)c2Cl)n1. The molecule has 0 unspecified atom stereocenters. The van der Waals surface area contributed by atoms with Crippen LogP contribution in [0.3, 0.4) is 0 Å². The first kappa shape index (κ1) is 16.5. The standard InChI is InChI=1S/C17H15Cl2N5/c1-11-9-15(21-10-12-5-2-3-8-20-12)24-17(22-11)23-14-7-4-6-13(18)16(14)19/h2-9H,10H2,1H3,(H2,21,22,23,24). The van der Waals surface area contributed by atoms with Crippen molar-refractivity contribution in [2.45, 2.75) is 13.5 Å². The molecule has 0 aliphatic heterocycles. The Bertz CT molecular complexity index is 840. The van der Waals surface area contributed by atoms with E-state index >= 15 is 0 Å². The second kappa shape index (κ2) is 7.47. The van der Waals surface area contributed by atoms with Crippen LogP contribution in [-0.2, 0) is 6.54 Å². The van der Waals surface area contributed by atoms with E-state index in [-0.39, 0.29) is 0 Å². The molecular weight excluding hydrogens is 345 g/mol. The van der Waals surface area contributed by atoms with Gasteiger partial charge in [0.25, 0.3) is 0 Å². The van der Waals surface area contributed by atoms with Gasteiger partial charge in [0.15, 0.2) is 0 Å². The number of benzene rings is 1. The van der Waals surface area contributed by atoms with E-state index in [0.29, 0.717) is 34.0 Å². The topological polar surface area (TPSA) is 62.7 Å². The van der Waals surface area contributed by atoms with Gasteiger partial charge in [-0.05, 0) is 31.2 Å². The Morgan fingerprint density at radius 3 is 2.71 bits per heavy atom. The number of aryl methyl sites for hydroxylation is 1. The molecule has 0 aliphatic rings. The molecule has 0 amide bonds. The van der Waals surface area contributed by atoms with Gasteiger partial charge >= 0.3 is 0 Å². The van der Waals surface area contributed by atoms with Gasteiger partial charge in [-0.2, -0.15) is 4.98 Å². The molecule has 0 fully saturated rings. The predicted molar refractivity (Wildman–Crippen MR) is 98.1 cm³/mol. The smallest absolute Gasteiger partial charge is 0.229 e. The molecule has 2 aromatic heterocycles. The Morgan fingerprint density at radius 2 is 1.92 bits per heavy atom. The number of rotatable bonds is 5. The Kier molecular flexibility index (Phi) is 5.13. The maximum Gasteiger partial charge on any atom is 0.229 e. The van der Waals surface area contributed by atoms with E-state index < -0.39 is 0 Å². The molecule has 2 N–H and O–H groups in total. The van der Waals surface area contributed by atoms with Gasteiger partial charge in [-0.1, -0.05) is 35.3 Å². The Hall–Kier alpha value is -2.37. The molecule has 0 atom stereocenters. The number of pyridine rings is 1. The summed E-state index contributed by atoms with van der Waals surface area (Å²) in [6.45, 7) is 2.48. The van der Waals surface area contributed by atoms with Gasteiger partial charge in [0, 0.05) is 18.0 Å². The van der Waals surface area contributed by atoms with Gasteiger partial charge < -0.3 is 10.6 Å². The van der Waals surface area contributed by atoms with Crippen LogP contribution in [0.5, 0.6) is 0 Å². The number of aromatic nitrogens is 3. The van der Waals surface area contributed by atoms with E-state index in [9.17, 15) is 0 Å². The lowest BCUT2D eigenvalue weighted by atomic mass is 10.3. The van der Waals surface area contributed by atoms with Crippen molar-refractivity contribution in [2.24, 2.45) is 0 Å². The molecule has 7 heteroatoms. The molecule has 1 aromatic carbocycles. The zero-order chi connectivity index (χ0) is 16.9. The minimum atomic E-state index is 0.437. The van der Waals surface area contributed by atoms with Gasteiger partial charge in [-0.25, -0.2) is 4.98 Å². The molecule has 2 heterocycles. The monoisotopic (exact) mass is 359 g/mol. The van der Waals surface area contributed by atoms with Crippen LogP contribution in [0.2, 0.25) is 10.0 Å². The van der Waals surface area contributed by atoms with Crippen molar-refractivity contribution in [1.29, 1.82) is 0 Å². The molecular formula is C17H15Cl2N5. The second-order valence-electron chi connectivity index (χ2n) is 5.12. The Labute approximate surface area is 150 Å². The third-order valence-electron chi connectivity index (χ3n) is 3.23. The van der Waals surface area contributed by atoms with Crippen molar-refractivity contribution in [3.8, 4) is 0 Å². The van der Waals surface area contributed by atoms with Crippen molar-refractivity contribution in [1.82, 2.24) is 15.0 Å². The Balaban J connectivity index is 1.77. The molecule has 122 valence electrons. The van der Waals surface area contributed by atoms with Crippen LogP contribution in [-0.4, -0.2) is 15.0 Å². The highest BCUT2D eigenvalue weighted by Gasteiger charge is 2.08. The van der Waals surface area contributed by atoms with Gasteiger partial charge in [-0.3, -0.25) is 4.98 Å². The fourth-order valence-corrected chi connectivity index (χ4v) is 2.47. The molecule has 0 aliphatic carbocycles. The average molecular weight is 360 g/mol. The first-order valence-electron chi connectivity index (χ1n) is 7.32. The molecule has 0 bridgehead atoms. The summed E-state index contributed by atoms with van der Waals surface area (Å²) in [7, 11) is 0. The molecule has 3 aromatic rings. The van der Waals surface area contributed by atoms with Crippen LogP contribution in [0.1, 0.15) is 11.4 Å². The van der Waals surface area contributed by atoms with Crippen molar-refractivity contribution >= 4 is 40.7 Å². The normalized spacial score (nSPS) is 10.5. The summed E-state index contributed by atoms with van der Waals surface area (Å²) < 4.78 is 0. The van der Waals surface area contributed by atoms with Crippen LogP contribution < -0.4 is 10.6 Å². The molecule has 0 radical (unpaired) electrons. The lowest BCUT2D eigenvalue weighted by Gasteiger charge is -2.11. The summed E-state index contributed by atoms with van der Waals surface area (Å²) in [6.07, 6.45) is 1.76. The van der Waals surface area contributed by atoms with E-state index in [1.54, 1.807) is 12.3 Å². The summed E-state index contributed by atoms with van der Waals surface area (Å²) in [5.74, 6) is 1.15. The molecule has 0 saturated carbocycles. The van der Waals surface area contributed by atoms with Crippen molar-refractivity contribution in [3.63, 3.8) is 0 Å². The van der Waals surface area contributed by atoms with Gasteiger partial charge in [-0.15, -0.1) is 0 Å². The van der Waals surface area contributed by atoms with Crippen molar-refractivity contribution in [2.75, 3.05) is 10.6 Å². The Morgan fingerprint density at radius 1 is 1.04 bits per heavy atom. The number of halogens is 2. The lowest BCUT2D eigenvalue weighted by molar-refractivity contribution is 1.01. The van der Waals surface area contributed by atoms with E-state index in [1.807, 2.05) is 43.3 Å². The first-order chi connectivity index (χ1) is 11.6. The molecule has 5 nitrogen and oxygen atoms in total. The zero-order valence-corrected chi connectivity index (χ0v) is 14.4. The van der Waals surface area contributed by atoms with E-state index in [0.717, 1.165) is 11.4 Å². The van der Waals surface area contributed by atoms with Gasteiger partial charge in [0.2, 0.25) is 5.95 Å². The van der Waals surface area contributed by atoms with E-state index in [4.69, 9.17) is 23.2 Å². The number of hydrogen-bond donors (Lipinski definition) is 2. The maximum absolute atomic E-state index is 6.19. The first-order valence-corrected chi connectivity index (χ1v) is 8.08. The zero-order valence-electron chi connectivity index (χ0n) is 12.9. The highest BCUT2D eigenvalue weighted by molar-refractivity contribution is 6.43. The van der Waals surface area contributed by atoms with Crippen LogP contribution in [0.25, 0.3) is 0 Å². The van der Waals surface area contributed by atoms with Crippen molar-refractivity contribution < 1.29 is 0 Å². The predicted octanol–water partition coefficient (Wildman–Crippen LogP) is 4.84. The van der Waals surface area contributed by atoms with E-state index in [2.05, 4.69) is 25.6 Å². The largest absolute Gasteiger partial charge is 0.364 e. The third-order valence-corrected chi connectivity index (χ3v) is 4.05. The lowest BCUT2D eigenvalue weighted by Crippen LogP contribution is -2.06. The number of nitrogens with zero attached hydrogens (tertiary/aromatic N) is 3. The molecule has 24 heavy (non-hydrogen) atoms. The van der Waals surface area contributed by atoms with Crippen LogP contribution in [0.15, 0.2) is 48.7 Å². The number of nitrogens with one attached hydrogen (secondary N) is 2. The number of hydrogen-bond acceptors (Lipinski definition) is 5.